The third-order valence-corrected chi connectivity index (χ3v) is 3.29. The van der Waals surface area contributed by atoms with Crippen molar-refractivity contribution in [3.05, 3.63) is 69.5 Å². The third-order valence-electron chi connectivity index (χ3n) is 3.29. The fourth-order valence-electron chi connectivity index (χ4n) is 2.01. The summed E-state index contributed by atoms with van der Waals surface area (Å²) in [6, 6.07) is 8.11. The van der Waals surface area contributed by atoms with Crippen LogP contribution >= 0.6 is 0 Å². The zero-order chi connectivity index (χ0) is 14.7. The molecule has 0 radical (unpaired) electrons. The number of nitro groups is 1. The van der Waals surface area contributed by atoms with Gasteiger partial charge >= 0.3 is 0 Å². The summed E-state index contributed by atoms with van der Waals surface area (Å²) in [7, 11) is 0. The van der Waals surface area contributed by atoms with Crippen molar-refractivity contribution in [3.8, 4) is 0 Å². The third kappa shape index (κ3) is 2.71. The lowest BCUT2D eigenvalue weighted by Crippen LogP contribution is -2.10. The monoisotopic (exact) mass is 270 g/mol. The molecule has 2 aromatic rings. The fraction of sp³-hybridized carbons (Fsp3) is 0.200. The van der Waals surface area contributed by atoms with E-state index >= 15 is 0 Å². The molecule has 5 nitrogen and oxygen atoms in total. The molecule has 20 heavy (non-hydrogen) atoms. The molecule has 0 saturated carbocycles. The molecule has 1 unspecified atom stereocenters. The number of nitrogens with zero attached hydrogens (tertiary/aromatic N) is 2. The van der Waals surface area contributed by atoms with Crippen LogP contribution in [0.4, 0.5) is 5.69 Å². The van der Waals surface area contributed by atoms with E-state index in [1.165, 1.54) is 6.07 Å². The lowest BCUT2D eigenvalue weighted by molar-refractivity contribution is -0.385. The van der Waals surface area contributed by atoms with E-state index in [1.54, 1.807) is 50.5 Å². The molecule has 0 N–H and O–H groups in total. The Morgan fingerprint density at radius 3 is 2.50 bits per heavy atom. The van der Waals surface area contributed by atoms with Crippen molar-refractivity contribution in [3.63, 3.8) is 0 Å². The molecule has 0 aliphatic heterocycles. The molecular weight excluding hydrogens is 256 g/mol. The highest BCUT2D eigenvalue weighted by molar-refractivity contribution is 6.01. The van der Waals surface area contributed by atoms with Gasteiger partial charge in [-0.15, -0.1) is 0 Å². The Balaban J connectivity index is 2.34. The first-order valence-corrected chi connectivity index (χ1v) is 6.20. The Labute approximate surface area is 116 Å². The second-order valence-electron chi connectivity index (χ2n) is 4.62. The van der Waals surface area contributed by atoms with Crippen molar-refractivity contribution in [2.75, 3.05) is 0 Å². The molecular formula is C15H14N2O3. The first-order chi connectivity index (χ1) is 9.50. The highest BCUT2D eigenvalue weighted by Gasteiger charge is 2.20. The average Bonchev–Trinajstić information content (AvgIpc) is 2.47. The summed E-state index contributed by atoms with van der Waals surface area (Å²) in [5.74, 6) is -0.500. The van der Waals surface area contributed by atoms with Gasteiger partial charge in [0.15, 0.2) is 5.78 Å². The largest absolute Gasteiger partial charge is 0.294 e. The summed E-state index contributed by atoms with van der Waals surface area (Å²) >= 11 is 0. The van der Waals surface area contributed by atoms with Crippen LogP contribution in [0, 0.1) is 17.0 Å². The zero-order valence-electron chi connectivity index (χ0n) is 11.2. The van der Waals surface area contributed by atoms with Gasteiger partial charge < -0.3 is 0 Å². The standard InChI is InChI=1S/C15H14N2O3/c1-10-3-4-13(9-14(10)17(19)20)15(18)11(2)12-5-7-16-8-6-12/h3-9,11H,1-2H3. The molecule has 0 aliphatic carbocycles. The van der Waals surface area contributed by atoms with Crippen molar-refractivity contribution in [2.24, 2.45) is 0 Å². The SMILES string of the molecule is Cc1ccc(C(=O)C(C)c2ccncc2)cc1[N+](=O)[O-]. The minimum Gasteiger partial charge on any atom is -0.294 e. The number of aromatic nitrogens is 1. The van der Waals surface area contributed by atoms with Crippen LogP contribution in [-0.4, -0.2) is 15.7 Å². The quantitative estimate of drug-likeness (QED) is 0.485. The van der Waals surface area contributed by atoms with Crippen molar-refractivity contribution >= 4 is 11.5 Å². The first-order valence-electron chi connectivity index (χ1n) is 6.20. The molecule has 0 fully saturated rings. The molecule has 2 rings (SSSR count). The minimum atomic E-state index is -0.469. The Kier molecular flexibility index (Phi) is 3.89. The number of hydrogen-bond donors (Lipinski definition) is 0. The fourth-order valence-corrected chi connectivity index (χ4v) is 2.01. The van der Waals surface area contributed by atoms with Crippen LogP contribution in [0.3, 0.4) is 0 Å². The maximum atomic E-state index is 12.4. The Morgan fingerprint density at radius 2 is 1.90 bits per heavy atom. The van der Waals surface area contributed by atoms with Crippen LogP contribution in [0.25, 0.3) is 0 Å². The minimum absolute atomic E-state index is 0.0298. The smallest absolute Gasteiger partial charge is 0.273 e. The van der Waals surface area contributed by atoms with Crippen LogP contribution in [-0.2, 0) is 0 Å². The van der Waals surface area contributed by atoms with Gasteiger partial charge in [-0.2, -0.15) is 0 Å². The number of nitro benzene ring substituents is 1. The van der Waals surface area contributed by atoms with Crippen LogP contribution in [0.1, 0.15) is 34.3 Å². The summed E-state index contributed by atoms with van der Waals surface area (Å²) in [5.41, 5.74) is 1.71. The molecule has 1 aromatic heterocycles. The average molecular weight is 270 g/mol. The van der Waals surface area contributed by atoms with Gasteiger partial charge in [0.25, 0.3) is 5.69 Å². The predicted molar refractivity (Wildman–Crippen MR) is 74.8 cm³/mol. The van der Waals surface area contributed by atoms with Crippen LogP contribution in [0.15, 0.2) is 42.7 Å². The Hall–Kier alpha value is -2.56. The van der Waals surface area contributed by atoms with Gasteiger partial charge in [-0.25, -0.2) is 0 Å². The number of ketones is 1. The lowest BCUT2D eigenvalue weighted by atomic mass is 9.92. The maximum Gasteiger partial charge on any atom is 0.273 e. The summed E-state index contributed by atoms with van der Waals surface area (Å²) in [6.07, 6.45) is 3.24. The van der Waals surface area contributed by atoms with Crippen molar-refractivity contribution in [2.45, 2.75) is 19.8 Å². The molecule has 1 heterocycles. The van der Waals surface area contributed by atoms with Gasteiger partial charge in [0.1, 0.15) is 0 Å². The summed E-state index contributed by atoms with van der Waals surface area (Å²) in [6.45, 7) is 3.43. The van der Waals surface area contributed by atoms with E-state index in [-0.39, 0.29) is 17.4 Å². The molecule has 0 bridgehead atoms. The second-order valence-corrected chi connectivity index (χ2v) is 4.62. The van der Waals surface area contributed by atoms with Gasteiger partial charge in [-0.05, 0) is 24.6 Å². The number of carbonyl (C=O) groups excluding carboxylic acids is 1. The molecule has 102 valence electrons. The van der Waals surface area contributed by atoms with E-state index in [9.17, 15) is 14.9 Å². The topological polar surface area (TPSA) is 73.1 Å². The van der Waals surface area contributed by atoms with Crippen LogP contribution in [0.5, 0.6) is 0 Å². The normalized spacial score (nSPS) is 11.9. The number of pyridine rings is 1. The van der Waals surface area contributed by atoms with E-state index < -0.39 is 4.92 Å². The molecule has 1 aromatic carbocycles. The predicted octanol–water partition coefficient (Wildman–Crippen LogP) is 3.28. The molecule has 0 aliphatic rings. The van der Waals surface area contributed by atoms with E-state index in [0.717, 1.165) is 5.56 Å². The number of aryl methyl sites for hydroxylation is 1. The van der Waals surface area contributed by atoms with Gasteiger partial charge in [-0.1, -0.05) is 19.1 Å². The second kappa shape index (κ2) is 5.61. The van der Waals surface area contributed by atoms with E-state index in [0.29, 0.717) is 11.1 Å². The van der Waals surface area contributed by atoms with Gasteiger partial charge in [0.2, 0.25) is 0 Å². The lowest BCUT2D eigenvalue weighted by Gasteiger charge is -2.10. The molecule has 0 saturated heterocycles. The van der Waals surface area contributed by atoms with Crippen molar-refractivity contribution < 1.29 is 9.72 Å². The summed E-state index contributed by atoms with van der Waals surface area (Å²) < 4.78 is 0. The van der Waals surface area contributed by atoms with Gasteiger partial charge in [0, 0.05) is 35.5 Å². The summed E-state index contributed by atoms with van der Waals surface area (Å²) in [5, 5.41) is 10.9. The Morgan fingerprint density at radius 1 is 1.25 bits per heavy atom. The molecule has 1 atom stereocenters. The molecule has 0 spiro atoms. The summed E-state index contributed by atoms with van der Waals surface area (Å²) in [4.78, 5) is 26.7. The molecule has 0 amide bonds. The highest BCUT2D eigenvalue weighted by Crippen LogP contribution is 2.24. The van der Waals surface area contributed by atoms with E-state index in [4.69, 9.17) is 0 Å². The number of rotatable bonds is 4. The molecule has 5 heteroatoms. The number of carbonyl (C=O) groups is 1. The number of hydrogen-bond acceptors (Lipinski definition) is 4. The number of Topliss-reactive ketones (excluding diaryl/α,β-unsaturated/α-hetero) is 1. The van der Waals surface area contributed by atoms with Crippen molar-refractivity contribution in [1.29, 1.82) is 0 Å². The van der Waals surface area contributed by atoms with Crippen LogP contribution in [0.2, 0.25) is 0 Å². The first kappa shape index (κ1) is 13.9. The van der Waals surface area contributed by atoms with E-state index in [2.05, 4.69) is 4.98 Å². The van der Waals surface area contributed by atoms with Gasteiger partial charge in [-0.3, -0.25) is 19.9 Å². The maximum absolute atomic E-state index is 12.4. The van der Waals surface area contributed by atoms with Crippen molar-refractivity contribution in [1.82, 2.24) is 4.98 Å². The van der Waals surface area contributed by atoms with E-state index in [1.807, 2.05) is 0 Å². The Bertz CT molecular complexity index is 653. The number of benzene rings is 1. The highest BCUT2D eigenvalue weighted by atomic mass is 16.6. The van der Waals surface area contributed by atoms with Gasteiger partial charge in [0.05, 0.1) is 4.92 Å². The van der Waals surface area contributed by atoms with Crippen LogP contribution < -0.4 is 0 Å². The zero-order valence-corrected chi connectivity index (χ0v) is 11.2.